The van der Waals surface area contributed by atoms with Gasteiger partial charge in [-0.05, 0) is 44.6 Å². The lowest BCUT2D eigenvalue weighted by atomic mass is 9.90. The van der Waals surface area contributed by atoms with Gasteiger partial charge < -0.3 is 4.74 Å². The molecule has 1 aromatic rings. The maximum atomic E-state index is 12.4. The molecule has 1 N–H and O–H groups in total. The highest BCUT2D eigenvalue weighted by molar-refractivity contribution is 8.13. The van der Waals surface area contributed by atoms with E-state index in [0.717, 1.165) is 10.6 Å². The molecule has 0 radical (unpaired) electrons. The van der Waals surface area contributed by atoms with Crippen LogP contribution >= 0.6 is 11.8 Å². The minimum absolute atomic E-state index is 0.0724. The number of carbonyl (C=O) groups excluding carboxylic acids is 1. The lowest BCUT2D eigenvalue weighted by Crippen LogP contribution is -2.58. The molecule has 6 nitrogen and oxygen atoms in total. The molecule has 0 bridgehead atoms. The molecule has 1 fully saturated rings. The molecule has 1 aromatic carbocycles. The first-order chi connectivity index (χ1) is 12.5. The summed E-state index contributed by atoms with van der Waals surface area (Å²) in [7, 11) is 0. The number of thioether (sulfide) groups is 1. The van der Waals surface area contributed by atoms with E-state index in [2.05, 4.69) is 43.4 Å². The van der Waals surface area contributed by atoms with Crippen LogP contribution in [0.3, 0.4) is 0 Å². The summed E-state index contributed by atoms with van der Waals surface area (Å²) in [5, 5.41) is 20.4. The summed E-state index contributed by atoms with van der Waals surface area (Å²) in [6, 6.07) is 8.15. The highest BCUT2D eigenvalue weighted by Gasteiger charge is 2.47. The van der Waals surface area contributed by atoms with Gasteiger partial charge in [0.15, 0.2) is 0 Å². The van der Waals surface area contributed by atoms with Gasteiger partial charge in [0, 0.05) is 0 Å². The van der Waals surface area contributed by atoms with Crippen LogP contribution in [-0.4, -0.2) is 41.1 Å². The van der Waals surface area contributed by atoms with Crippen molar-refractivity contribution in [3.05, 3.63) is 34.9 Å². The highest BCUT2D eigenvalue weighted by atomic mass is 32.2. The zero-order valence-corrected chi connectivity index (χ0v) is 16.3. The molecule has 2 aliphatic heterocycles. The Kier molecular flexibility index (Phi) is 5.54. The van der Waals surface area contributed by atoms with E-state index in [4.69, 9.17) is 9.84 Å². The number of aryl methyl sites for hydroxylation is 2. The van der Waals surface area contributed by atoms with E-state index >= 15 is 0 Å². The summed E-state index contributed by atoms with van der Waals surface area (Å²) >= 11 is 1.48. The summed E-state index contributed by atoms with van der Waals surface area (Å²) in [5.41, 5.74) is 3.50. The molecule has 0 spiro atoms. The topological polar surface area (TPSA) is 77.7 Å². The number of fused-ring (bicyclic) bond motifs is 1. The molecular weight excluding hydrogens is 348 g/mol. The smallest absolute Gasteiger partial charge is 0.323 e. The van der Waals surface area contributed by atoms with Crippen LogP contribution in [0.4, 0.5) is 0 Å². The van der Waals surface area contributed by atoms with Gasteiger partial charge in [-0.1, -0.05) is 23.8 Å². The number of nitriles is 1. The van der Waals surface area contributed by atoms with Gasteiger partial charge in [0.25, 0.3) is 0 Å². The predicted octanol–water partition coefficient (Wildman–Crippen LogP) is 2.73. The van der Waals surface area contributed by atoms with Crippen LogP contribution in [0.15, 0.2) is 23.3 Å². The number of hydrogen-bond donors (Lipinski definition) is 1. The summed E-state index contributed by atoms with van der Waals surface area (Å²) in [4.78, 5) is 12.4. The molecule has 1 saturated heterocycles. The largest absolute Gasteiger partial charge is 0.465 e. The number of carbonyl (C=O) groups is 1. The predicted molar refractivity (Wildman–Crippen MR) is 103 cm³/mol. The first-order valence-electron chi connectivity index (χ1n) is 8.80. The number of esters is 1. The van der Waals surface area contributed by atoms with Gasteiger partial charge in [-0.2, -0.15) is 10.4 Å². The van der Waals surface area contributed by atoms with E-state index in [0.29, 0.717) is 13.0 Å². The number of ether oxygens (including phenoxy) is 1. The lowest BCUT2D eigenvalue weighted by Gasteiger charge is -2.42. The fourth-order valence-corrected chi connectivity index (χ4v) is 4.35. The minimum Gasteiger partial charge on any atom is -0.465 e. The third-order valence-corrected chi connectivity index (χ3v) is 5.69. The van der Waals surface area contributed by atoms with Crippen LogP contribution < -0.4 is 5.32 Å². The Morgan fingerprint density at radius 2 is 2.27 bits per heavy atom. The van der Waals surface area contributed by atoms with E-state index in [1.807, 2.05) is 11.3 Å². The zero-order valence-electron chi connectivity index (χ0n) is 15.5. The van der Waals surface area contributed by atoms with Crippen LogP contribution in [0.2, 0.25) is 0 Å². The average Bonchev–Trinajstić information content (AvgIpc) is 2.99. The summed E-state index contributed by atoms with van der Waals surface area (Å²) in [6.07, 6.45) is 2.16. The Morgan fingerprint density at radius 1 is 1.50 bits per heavy atom. The molecule has 4 unspecified atom stereocenters. The molecule has 7 heteroatoms. The second-order valence-electron chi connectivity index (χ2n) is 6.66. The second-order valence-corrected chi connectivity index (χ2v) is 7.48. The first kappa shape index (κ1) is 18.7. The molecule has 3 rings (SSSR count). The molecule has 2 heterocycles. The van der Waals surface area contributed by atoms with Gasteiger partial charge >= 0.3 is 5.97 Å². The van der Waals surface area contributed by atoms with Crippen LogP contribution in [0, 0.1) is 31.1 Å². The van der Waals surface area contributed by atoms with Crippen molar-refractivity contribution in [2.24, 2.45) is 11.0 Å². The monoisotopic (exact) mass is 372 g/mol. The Bertz CT molecular complexity index is 773. The summed E-state index contributed by atoms with van der Waals surface area (Å²) in [6.45, 7) is 6.29. The highest BCUT2D eigenvalue weighted by Crippen LogP contribution is 2.40. The number of nitrogens with one attached hydrogen (secondary N) is 1. The molecule has 138 valence electrons. The summed E-state index contributed by atoms with van der Waals surface area (Å²) in [5.74, 6) is -0.660. The first-order valence-corrected chi connectivity index (χ1v) is 10.0. The number of hydrazone groups is 1. The van der Waals surface area contributed by atoms with Crippen molar-refractivity contribution in [3.8, 4) is 6.07 Å². The van der Waals surface area contributed by atoms with Gasteiger partial charge in [0.2, 0.25) is 0 Å². The van der Waals surface area contributed by atoms with Crippen LogP contribution in [0.1, 0.15) is 36.1 Å². The summed E-state index contributed by atoms with van der Waals surface area (Å²) < 4.78 is 5.24. The second kappa shape index (κ2) is 7.68. The maximum Gasteiger partial charge on any atom is 0.323 e. The molecule has 2 aliphatic rings. The van der Waals surface area contributed by atoms with Crippen molar-refractivity contribution in [3.63, 3.8) is 0 Å². The molecule has 4 atom stereocenters. The zero-order chi connectivity index (χ0) is 18.8. The van der Waals surface area contributed by atoms with E-state index < -0.39 is 12.0 Å². The number of hydrogen-bond acceptors (Lipinski definition) is 7. The number of nitrogens with zero attached hydrogens (tertiary/aromatic N) is 3. The molecule has 0 aliphatic carbocycles. The van der Waals surface area contributed by atoms with Crippen molar-refractivity contribution in [1.29, 1.82) is 5.26 Å². The van der Waals surface area contributed by atoms with Gasteiger partial charge in [-0.3, -0.25) is 15.1 Å². The standard InChI is InChI=1S/C19H24N4O2S/c1-5-25-19(24)15-9-16(13-7-6-11(2)8-12(13)3)23-17(21-15)14(10-20)18(22-23)26-4/h6-8,14-17,21H,5,9H2,1-4H3. The Labute approximate surface area is 158 Å². The van der Waals surface area contributed by atoms with E-state index in [1.54, 1.807) is 6.92 Å². The van der Waals surface area contributed by atoms with Crippen LogP contribution in [0.25, 0.3) is 0 Å². The number of rotatable bonds is 3. The van der Waals surface area contributed by atoms with Crippen LogP contribution in [-0.2, 0) is 9.53 Å². The van der Waals surface area contributed by atoms with Crippen molar-refractivity contribution >= 4 is 22.8 Å². The van der Waals surface area contributed by atoms with Gasteiger partial charge in [-0.15, -0.1) is 11.8 Å². The molecule has 0 saturated carbocycles. The molecule has 0 amide bonds. The Hall–Kier alpha value is -2.04. The van der Waals surface area contributed by atoms with E-state index in [-0.39, 0.29) is 18.2 Å². The molecular formula is C19H24N4O2S. The maximum absolute atomic E-state index is 12.4. The fourth-order valence-electron chi connectivity index (χ4n) is 3.74. The molecule has 26 heavy (non-hydrogen) atoms. The fraction of sp³-hybridized carbons (Fsp3) is 0.526. The average molecular weight is 372 g/mol. The van der Waals surface area contributed by atoms with Crippen molar-refractivity contribution < 1.29 is 9.53 Å². The lowest BCUT2D eigenvalue weighted by molar-refractivity contribution is -0.148. The quantitative estimate of drug-likeness (QED) is 0.822. The third kappa shape index (κ3) is 3.31. The number of benzene rings is 1. The molecule has 0 aromatic heterocycles. The van der Waals surface area contributed by atoms with Crippen molar-refractivity contribution in [2.45, 2.75) is 45.4 Å². The van der Waals surface area contributed by atoms with Crippen molar-refractivity contribution in [2.75, 3.05) is 12.9 Å². The van der Waals surface area contributed by atoms with E-state index in [1.165, 1.54) is 22.9 Å². The van der Waals surface area contributed by atoms with Crippen molar-refractivity contribution in [1.82, 2.24) is 10.3 Å². The Balaban J connectivity index is 2.00. The van der Waals surface area contributed by atoms with E-state index in [9.17, 15) is 10.1 Å². The van der Waals surface area contributed by atoms with Gasteiger partial charge in [0.05, 0.1) is 18.7 Å². The Morgan fingerprint density at radius 3 is 2.88 bits per heavy atom. The normalized spacial score (nSPS) is 27.5. The minimum atomic E-state index is -0.450. The van der Waals surface area contributed by atoms with Crippen LogP contribution in [0.5, 0.6) is 0 Å². The SMILES string of the molecule is CCOC(=O)C1CC(c2ccc(C)cc2C)N2N=C(SC)C(C#N)C2N1. The van der Waals surface area contributed by atoms with Gasteiger partial charge in [0.1, 0.15) is 23.2 Å². The van der Waals surface area contributed by atoms with Gasteiger partial charge in [-0.25, -0.2) is 0 Å². The third-order valence-electron chi connectivity index (χ3n) is 4.93.